The standard InChI is InChI=1S/C11H17N5/c1-2-3-4-6-14-10-9-8(5-7-13-9)15-11(12)16-10/h5,7,14H,2-4,6H2,1H3,(H3,12,15,16). The van der Waals surface area contributed by atoms with E-state index >= 15 is 0 Å². The van der Waals surface area contributed by atoms with Gasteiger partial charge < -0.3 is 16.0 Å². The highest BCUT2D eigenvalue weighted by atomic mass is 15.1. The van der Waals surface area contributed by atoms with Gasteiger partial charge >= 0.3 is 0 Å². The predicted molar refractivity (Wildman–Crippen MR) is 65.4 cm³/mol. The van der Waals surface area contributed by atoms with E-state index < -0.39 is 0 Å². The van der Waals surface area contributed by atoms with Crippen molar-refractivity contribution in [2.45, 2.75) is 26.2 Å². The molecular weight excluding hydrogens is 202 g/mol. The number of anilines is 2. The number of nitrogen functional groups attached to an aromatic ring is 1. The molecule has 0 saturated heterocycles. The molecular formula is C11H17N5. The molecule has 0 bridgehead atoms. The van der Waals surface area contributed by atoms with Crippen LogP contribution in [0.4, 0.5) is 11.8 Å². The molecule has 0 spiro atoms. The molecule has 16 heavy (non-hydrogen) atoms. The SMILES string of the molecule is CCCCCNc1nc(N)[nH]c2ccnc1-2. The van der Waals surface area contributed by atoms with Gasteiger partial charge in [-0.25, -0.2) is 0 Å². The molecule has 86 valence electrons. The van der Waals surface area contributed by atoms with E-state index in [0.29, 0.717) is 5.95 Å². The summed E-state index contributed by atoms with van der Waals surface area (Å²) >= 11 is 0. The van der Waals surface area contributed by atoms with Crippen molar-refractivity contribution in [3.8, 4) is 11.4 Å². The summed E-state index contributed by atoms with van der Waals surface area (Å²) in [4.78, 5) is 11.4. The van der Waals surface area contributed by atoms with Crippen LogP contribution in [0, 0.1) is 0 Å². The molecule has 0 aromatic heterocycles. The molecule has 2 aliphatic rings. The molecule has 5 nitrogen and oxygen atoms in total. The van der Waals surface area contributed by atoms with Crippen molar-refractivity contribution in [3.63, 3.8) is 0 Å². The van der Waals surface area contributed by atoms with Crippen LogP contribution in [0.2, 0.25) is 0 Å². The maximum Gasteiger partial charge on any atom is 0.199 e. The highest BCUT2D eigenvalue weighted by Crippen LogP contribution is 2.25. The van der Waals surface area contributed by atoms with Crippen LogP contribution in [0.1, 0.15) is 26.2 Å². The first-order valence-electron chi connectivity index (χ1n) is 5.65. The van der Waals surface area contributed by atoms with Gasteiger partial charge in [-0.2, -0.15) is 4.98 Å². The summed E-state index contributed by atoms with van der Waals surface area (Å²) in [6.45, 7) is 3.09. The number of nitrogens with one attached hydrogen (secondary N) is 2. The van der Waals surface area contributed by atoms with Crippen LogP contribution in [0.15, 0.2) is 12.3 Å². The molecule has 0 saturated carbocycles. The molecule has 0 aromatic carbocycles. The minimum Gasteiger partial charge on any atom is -0.369 e. The lowest BCUT2D eigenvalue weighted by Gasteiger charge is -2.09. The summed E-state index contributed by atoms with van der Waals surface area (Å²) in [5, 5.41) is 3.28. The van der Waals surface area contributed by atoms with Crippen molar-refractivity contribution >= 4 is 11.8 Å². The van der Waals surface area contributed by atoms with Crippen LogP contribution in [0.25, 0.3) is 11.4 Å². The summed E-state index contributed by atoms with van der Waals surface area (Å²) in [7, 11) is 0. The number of unbranched alkanes of at least 4 members (excludes halogenated alkanes) is 2. The van der Waals surface area contributed by atoms with Crippen molar-refractivity contribution in [2.24, 2.45) is 0 Å². The van der Waals surface area contributed by atoms with Gasteiger partial charge in [0.15, 0.2) is 11.8 Å². The summed E-state index contributed by atoms with van der Waals surface area (Å²) in [5.74, 6) is 1.19. The smallest absolute Gasteiger partial charge is 0.199 e. The third kappa shape index (κ3) is 2.24. The van der Waals surface area contributed by atoms with Crippen LogP contribution >= 0.6 is 0 Å². The molecule has 0 amide bonds. The predicted octanol–water partition coefficient (Wildman–Crippen LogP) is 2.09. The van der Waals surface area contributed by atoms with Crippen molar-refractivity contribution in [3.05, 3.63) is 12.3 Å². The quantitative estimate of drug-likeness (QED) is 0.673. The zero-order valence-corrected chi connectivity index (χ0v) is 9.45. The summed E-state index contributed by atoms with van der Waals surface area (Å²) in [6.07, 6.45) is 5.32. The van der Waals surface area contributed by atoms with Gasteiger partial charge in [-0.15, -0.1) is 0 Å². The van der Waals surface area contributed by atoms with Crippen molar-refractivity contribution in [1.29, 1.82) is 0 Å². The number of aromatic amines is 1. The second-order valence-corrected chi connectivity index (χ2v) is 3.81. The Morgan fingerprint density at radius 2 is 2.31 bits per heavy atom. The van der Waals surface area contributed by atoms with Crippen molar-refractivity contribution in [2.75, 3.05) is 17.6 Å². The van der Waals surface area contributed by atoms with Crippen molar-refractivity contribution < 1.29 is 0 Å². The summed E-state index contributed by atoms with van der Waals surface area (Å²) in [6, 6.07) is 1.89. The number of aromatic nitrogens is 3. The van der Waals surface area contributed by atoms with Gasteiger partial charge in [0.05, 0.1) is 5.69 Å². The van der Waals surface area contributed by atoms with Crippen LogP contribution in [-0.4, -0.2) is 21.5 Å². The minimum atomic E-state index is 0.415. The molecule has 2 heterocycles. The van der Waals surface area contributed by atoms with Gasteiger partial charge in [0.2, 0.25) is 0 Å². The molecule has 0 radical (unpaired) electrons. The van der Waals surface area contributed by atoms with E-state index in [9.17, 15) is 0 Å². The highest BCUT2D eigenvalue weighted by Gasteiger charge is 2.12. The average molecular weight is 219 g/mol. The third-order valence-electron chi connectivity index (χ3n) is 2.49. The number of nitrogens with two attached hydrogens (primary N) is 1. The average Bonchev–Trinajstić information content (AvgIpc) is 2.72. The van der Waals surface area contributed by atoms with Gasteiger partial charge in [0, 0.05) is 12.7 Å². The van der Waals surface area contributed by atoms with Gasteiger partial charge in [0.1, 0.15) is 5.69 Å². The highest BCUT2D eigenvalue weighted by molar-refractivity contribution is 5.71. The monoisotopic (exact) mass is 219 g/mol. The van der Waals surface area contributed by atoms with Crippen LogP contribution < -0.4 is 11.1 Å². The fourth-order valence-electron chi connectivity index (χ4n) is 1.67. The minimum absolute atomic E-state index is 0.415. The summed E-state index contributed by atoms with van der Waals surface area (Å²) < 4.78 is 0. The Labute approximate surface area is 94.8 Å². The van der Waals surface area contributed by atoms with Crippen LogP contribution in [0.3, 0.4) is 0 Å². The Kier molecular flexibility index (Phi) is 3.24. The molecule has 0 aromatic rings. The van der Waals surface area contributed by atoms with Gasteiger partial charge in [-0.1, -0.05) is 19.8 Å². The molecule has 0 atom stereocenters. The zero-order valence-electron chi connectivity index (χ0n) is 9.45. The number of hydrogen-bond acceptors (Lipinski definition) is 4. The van der Waals surface area contributed by atoms with Crippen LogP contribution in [0.5, 0.6) is 0 Å². The van der Waals surface area contributed by atoms with Crippen molar-refractivity contribution in [1.82, 2.24) is 15.0 Å². The lowest BCUT2D eigenvalue weighted by Crippen LogP contribution is -2.08. The Morgan fingerprint density at radius 3 is 3.12 bits per heavy atom. The normalized spacial score (nSPS) is 10.8. The number of hydrogen-bond donors (Lipinski definition) is 3. The molecule has 0 aliphatic carbocycles. The number of H-pyrrole nitrogens is 1. The first kappa shape index (κ1) is 10.7. The number of rotatable bonds is 5. The molecule has 4 N–H and O–H groups in total. The van der Waals surface area contributed by atoms with Gasteiger partial charge in [0.25, 0.3) is 0 Å². The molecule has 0 fully saturated rings. The first-order chi connectivity index (χ1) is 7.81. The van der Waals surface area contributed by atoms with Gasteiger partial charge in [-0.05, 0) is 12.5 Å². The van der Waals surface area contributed by atoms with E-state index in [1.165, 1.54) is 12.8 Å². The van der Waals surface area contributed by atoms with E-state index in [1.54, 1.807) is 6.20 Å². The Hall–Kier alpha value is -1.78. The molecule has 2 rings (SSSR count). The Bertz CT molecular complexity index is 423. The Balaban J connectivity index is 2.08. The fraction of sp³-hybridized carbons (Fsp3) is 0.455. The fourth-order valence-corrected chi connectivity index (χ4v) is 1.67. The molecule has 0 unspecified atom stereocenters. The Morgan fingerprint density at radius 1 is 1.44 bits per heavy atom. The lowest BCUT2D eigenvalue weighted by molar-refractivity contribution is 0.742. The molecule has 2 aliphatic heterocycles. The van der Waals surface area contributed by atoms with E-state index in [2.05, 4.69) is 27.2 Å². The van der Waals surface area contributed by atoms with E-state index in [1.807, 2.05) is 6.07 Å². The number of nitrogens with zero attached hydrogens (tertiary/aromatic N) is 2. The van der Waals surface area contributed by atoms with E-state index in [-0.39, 0.29) is 0 Å². The molecule has 5 heteroatoms. The maximum atomic E-state index is 5.68. The van der Waals surface area contributed by atoms with Gasteiger partial charge in [-0.3, -0.25) is 4.98 Å². The second kappa shape index (κ2) is 4.83. The largest absolute Gasteiger partial charge is 0.369 e. The van der Waals surface area contributed by atoms with E-state index in [0.717, 1.165) is 30.2 Å². The van der Waals surface area contributed by atoms with E-state index in [4.69, 9.17) is 5.73 Å². The second-order valence-electron chi connectivity index (χ2n) is 3.81. The number of fused-ring (bicyclic) bond motifs is 1. The maximum absolute atomic E-state index is 5.68. The zero-order chi connectivity index (χ0) is 11.4. The summed E-state index contributed by atoms with van der Waals surface area (Å²) in [5.41, 5.74) is 7.45. The lowest BCUT2D eigenvalue weighted by atomic mass is 10.2. The van der Waals surface area contributed by atoms with Crippen LogP contribution in [-0.2, 0) is 0 Å². The first-order valence-corrected chi connectivity index (χ1v) is 5.65. The third-order valence-corrected chi connectivity index (χ3v) is 2.49. The topological polar surface area (TPSA) is 79.6 Å².